The Morgan fingerprint density at radius 3 is 2.25 bits per heavy atom. The van der Waals surface area contributed by atoms with Gasteiger partial charge in [-0.3, -0.25) is 9.59 Å². The summed E-state index contributed by atoms with van der Waals surface area (Å²) in [6.45, 7) is 3.69. The van der Waals surface area contributed by atoms with Gasteiger partial charge in [0.25, 0.3) is 5.91 Å². The second kappa shape index (κ2) is 10.7. The fourth-order valence-corrected chi connectivity index (χ4v) is 4.99. The fourth-order valence-electron chi connectivity index (χ4n) is 4.99. The lowest BCUT2D eigenvalue weighted by molar-refractivity contribution is -0.126. The molecule has 0 radical (unpaired) electrons. The summed E-state index contributed by atoms with van der Waals surface area (Å²) in [6, 6.07) is 18.0. The molecule has 2 N–H and O–H groups in total. The van der Waals surface area contributed by atoms with Crippen molar-refractivity contribution < 1.29 is 9.59 Å². The van der Waals surface area contributed by atoms with E-state index in [9.17, 15) is 9.59 Å². The Morgan fingerprint density at radius 1 is 0.875 bits per heavy atom. The molecule has 1 saturated heterocycles. The average molecular weight is 434 g/mol. The summed E-state index contributed by atoms with van der Waals surface area (Å²) >= 11 is 0. The number of hydrogen-bond donors (Lipinski definition) is 2. The van der Waals surface area contributed by atoms with Crippen LogP contribution in [0.3, 0.4) is 0 Å². The van der Waals surface area contributed by atoms with Gasteiger partial charge in [-0.25, -0.2) is 0 Å². The van der Waals surface area contributed by atoms with Gasteiger partial charge in [-0.2, -0.15) is 0 Å². The van der Waals surface area contributed by atoms with Crippen LogP contribution in [0, 0.1) is 5.92 Å². The number of para-hydroxylation sites is 1. The van der Waals surface area contributed by atoms with Crippen LogP contribution in [-0.2, 0) is 4.79 Å². The van der Waals surface area contributed by atoms with E-state index in [0.29, 0.717) is 5.56 Å². The molecule has 0 bridgehead atoms. The highest BCUT2D eigenvalue weighted by atomic mass is 16.2. The first-order valence-corrected chi connectivity index (χ1v) is 12.1. The summed E-state index contributed by atoms with van der Waals surface area (Å²) in [7, 11) is 0. The van der Waals surface area contributed by atoms with Crippen molar-refractivity contribution in [3.63, 3.8) is 0 Å². The minimum atomic E-state index is -0.0579. The predicted octanol–water partition coefficient (Wildman–Crippen LogP) is 4.84. The molecular weight excluding hydrogens is 398 g/mol. The minimum absolute atomic E-state index is 0.0512. The predicted molar refractivity (Wildman–Crippen MR) is 129 cm³/mol. The number of amides is 2. The Morgan fingerprint density at radius 2 is 1.53 bits per heavy atom. The molecule has 170 valence electrons. The van der Waals surface area contributed by atoms with Gasteiger partial charge in [-0.1, -0.05) is 61.7 Å². The minimum Gasteiger partial charge on any atom is -0.371 e. The number of piperidine rings is 1. The van der Waals surface area contributed by atoms with Crippen molar-refractivity contribution in [3.05, 3.63) is 65.7 Å². The van der Waals surface area contributed by atoms with Crippen LogP contribution in [0.5, 0.6) is 0 Å². The van der Waals surface area contributed by atoms with Gasteiger partial charge in [0.1, 0.15) is 0 Å². The van der Waals surface area contributed by atoms with E-state index in [1.54, 1.807) is 0 Å². The van der Waals surface area contributed by atoms with E-state index in [2.05, 4.69) is 15.5 Å². The molecule has 1 atom stereocenters. The van der Waals surface area contributed by atoms with Crippen molar-refractivity contribution in [1.82, 2.24) is 10.6 Å². The van der Waals surface area contributed by atoms with Gasteiger partial charge in [0, 0.05) is 30.7 Å². The topological polar surface area (TPSA) is 61.4 Å². The monoisotopic (exact) mass is 433 g/mol. The third kappa shape index (κ3) is 5.50. The van der Waals surface area contributed by atoms with Crippen LogP contribution in [0.4, 0.5) is 5.69 Å². The summed E-state index contributed by atoms with van der Waals surface area (Å²) in [4.78, 5) is 28.0. The third-order valence-corrected chi connectivity index (χ3v) is 6.95. The van der Waals surface area contributed by atoms with E-state index in [0.717, 1.165) is 50.0 Å². The normalized spacial score (nSPS) is 18.7. The van der Waals surface area contributed by atoms with E-state index in [4.69, 9.17) is 0 Å². The van der Waals surface area contributed by atoms with Crippen LogP contribution in [0.15, 0.2) is 54.6 Å². The van der Waals surface area contributed by atoms with E-state index in [-0.39, 0.29) is 29.8 Å². The van der Waals surface area contributed by atoms with Crippen LogP contribution >= 0.6 is 0 Å². The van der Waals surface area contributed by atoms with Crippen molar-refractivity contribution in [2.24, 2.45) is 5.92 Å². The molecule has 0 aromatic heterocycles. The zero-order valence-electron chi connectivity index (χ0n) is 19.1. The van der Waals surface area contributed by atoms with Crippen molar-refractivity contribution in [1.29, 1.82) is 0 Å². The van der Waals surface area contributed by atoms with E-state index in [1.165, 1.54) is 19.3 Å². The molecule has 32 heavy (non-hydrogen) atoms. The second-order valence-electron chi connectivity index (χ2n) is 9.23. The molecule has 4 rings (SSSR count). The summed E-state index contributed by atoms with van der Waals surface area (Å²) in [5.74, 6) is 0.403. The molecule has 0 spiro atoms. The maximum Gasteiger partial charge on any atom is 0.253 e. The Labute approximate surface area is 191 Å². The molecule has 1 aliphatic carbocycles. The van der Waals surface area contributed by atoms with Crippen LogP contribution in [-0.4, -0.2) is 30.9 Å². The Bertz CT molecular complexity index is 900. The van der Waals surface area contributed by atoms with E-state index < -0.39 is 0 Å². The molecule has 2 aromatic rings. The summed E-state index contributed by atoms with van der Waals surface area (Å²) in [5, 5.41) is 6.44. The summed E-state index contributed by atoms with van der Waals surface area (Å²) in [5.41, 5.74) is 2.77. The highest BCUT2D eigenvalue weighted by Crippen LogP contribution is 2.27. The number of anilines is 1. The summed E-state index contributed by atoms with van der Waals surface area (Å²) < 4.78 is 0. The number of rotatable bonds is 6. The number of carbonyl (C=O) groups is 2. The number of hydrogen-bond acceptors (Lipinski definition) is 3. The van der Waals surface area contributed by atoms with Crippen molar-refractivity contribution in [3.8, 4) is 0 Å². The largest absolute Gasteiger partial charge is 0.371 e. The van der Waals surface area contributed by atoms with Gasteiger partial charge in [0.05, 0.1) is 11.6 Å². The van der Waals surface area contributed by atoms with E-state index in [1.807, 2.05) is 61.5 Å². The third-order valence-electron chi connectivity index (χ3n) is 6.95. The molecule has 2 aliphatic rings. The standard InChI is InChI=1S/C27H35N3O2/c1-20(21-10-4-2-5-11-21)28-27(32)24-14-8-9-15-25(24)30-18-16-23(17-19-30)29-26(31)22-12-6-3-7-13-22/h2,4-5,8-11,14-15,20,22-23H,3,6-7,12-13,16-19H2,1H3,(H,28,32)(H,29,31)/t20-/m0/s1. The Kier molecular flexibility index (Phi) is 7.46. The average Bonchev–Trinajstić information content (AvgIpc) is 2.85. The van der Waals surface area contributed by atoms with Crippen molar-refractivity contribution in [2.75, 3.05) is 18.0 Å². The number of nitrogens with zero attached hydrogens (tertiary/aromatic N) is 1. The highest BCUT2D eigenvalue weighted by molar-refractivity contribution is 6.00. The molecule has 2 amide bonds. The first kappa shape index (κ1) is 22.4. The fraction of sp³-hybridized carbons (Fsp3) is 0.481. The van der Waals surface area contributed by atoms with Gasteiger partial charge >= 0.3 is 0 Å². The lowest BCUT2D eigenvalue weighted by Crippen LogP contribution is -2.47. The number of nitrogens with one attached hydrogen (secondary N) is 2. The van der Waals surface area contributed by atoms with Gasteiger partial charge in [-0.05, 0) is 50.3 Å². The van der Waals surface area contributed by atoms with Gasteiger partial charge in [0.15, 0.2) is 0 Å². The molecular formula is C27H35N3O2. The maximum atomic E-state index is 13.1. The smallest absolute Gasteiger partial charge is 0.253 e. The Hall–Kier alpha value is -2.82. The van der Waals surface area contributed by atoms with Crippen molar-refractivity contribution in [2.45, 2.75) is 64.0 Å². The quantitative estimate of drug-likeness (QED) is 0.685. The first-order valence-electron chi connectivity index (χ1n) is 12.1. The lowest BCUT2D eigenvalue weighted by Gasteiger charge is -2.35. The van der Waals surface area contributed by atoms with Crippen LogP contribution in [0.25, 0.3) is 0 Å². The first-order chi connectivity index (χ1) is 15.6. The second-order valence-corrected chi connectivity index (χ2v) is 9.23. The molecule has 0 unspecified atom stereocenters. The SMILES string of the molecule is C[C@H](NC(=O)c1ccccc1N1CCC(NC(=O)C2CCCCC2)CC1)c1ccccc1. The molecule has 5 heteroatoms. The number of benzene rings is 2. The Balaban J connectivity index is 1.35. The van der Waals surface area contributed by atoms with Gasteiger partial charge in [-0.15, -0.1) is 0 Å². The molecule has 2 aromatic carbocycles. The van der Waals surface area contributed by atoms with E-state index >= 15 is 0 Å². The molecule has 5 nitrogen and oxygen atoms in total. The molecule has 1 heterocycles. The molecule has 1 aliphatic heterocycles. The molecule has 1 saturated carbocycles. The zero-order chi connectivity index (χ0) is 22.3. The van der Waals surface area contributed by atoms with Gasteiger partial charge in [0.2, 0.25) is 5.91 Å². The zero-order valence-corrected chi connectivity index (χ0v) is 19.1. The van der Waals surface area contributed by atoms with Crippen LogP contribution < -0.4 is 15.5 Å². The summed E-state index contributed by atoms with van der Waals surface area (Å²) in [6.07, 6.45) is 7.52. The van der Waals surface area contributed by atoms with Crippen molar-refractivity contribution >= 4 is 17.5 Å². The van der Waals surface area contributed by atoms with Crippen LogP contribution in [0.1, 0.15) is 73.8 Å². The van der Waals surface area contributed by atoms with Gasteiger partial charge < -0.3 is 15.5 Å². The maximum absolute atomic E-state index is 13.1. The lowest BCUT2D eigenvalue weighted by atomic mass is 9.88. The molecule has 2 fully saturated rings. The highest BCUT2D eigenvalue weighted by Gasteiger charge is 2.27. The number of carbonyl (C=O) groups excluding carboxylic acids is 2. The van der Waals surface area contributed by atoms with Crippen LogP contribution in [0.2, 0.25) is 0 Å².